The molecule has 5 heteroatoms. The number of halogens is 1. The summed E-state index contributed by atoms with van der Waals surface area (Å²) in [6.07, 6.45) is 2.89. The summed E-state index contributed by atoms with van der Waals surface area (Å²) in [4.78, 5) is 11.0. The van der Waals surface area contributed by atoms with E-state index in [0.29, 0.717) is 12.5 Å². The van der Waals surface area contributed by atoms with Crippen LogP contribution < -0.4 is 10.2 Å². The number of hydrogen-bond acceptors (Lipinski definition) is 4. The predicted octanol–water partition coefficient (Wildman–Crippen LogP) is 3.90. The van der Waals surface area contributed by atoms with Crippen LogP contribution in [-0.2, 0) is 6.54 Å². The molecule has 0 unspecified atom stereocenters. The fourth-order valence-electron chi connectivity index (χ4n) is 2.10. The molecule has 0 aliphatic heterocycles. The lowest BCUT2D eigenvalue weighted by atomic mass is 10.2. The van der Waals surface area contributed by atoms with Crippen LogP contribution in [0.2, 0.25) is 5.02 Å². The average Bonchev–Trinajstić information content (AvgIpc) is 2.48. The van der Waals surface area contributed by atoms with E-state index in [2.05, 4.69) is 27.1 Å². The average molecular weight is 305 g/mol. The van der Waals surface area contributed by atoms with Crippen LogP contribution >= 0.6 is 11.6 Å². The quantitative estimate of drug-likeness (QED) is 0.879. The van der Waals surface area contributed by atoms with Gasteiger partial charge in [0.2, 0.25) is 5.95 Å². The van der Waals surface area contributed by atoms with Crippen molar-refractivity contribution >= 4 is 23.4 Å². The molecule has 1 heterocycles. The second kappa shape index (κ2) is 7.27. The highest BCUT2D eigenvalue weighted by Crippen LogP contribution is 2.22. The third kappa shape index (κ3) is 4.08. The summed E-state index contributed by atoms with van der Waals surface area (Å²) in [5.74, 6) is 1.59. The number of anilines is 2. The van der Waals surface area contributed by atoms with E-state index in [4.69, 9.17) is 11.6 Å². The monoisotopic (exact) mass is 304 g/mol. The van der Waals surface area contributed by atoms with E-state index in [1.54, 1.807) is 0 Å². The minimum absolute atomic E-state index is 0.670. The lowest BCUT2D eigenvalue weighted by Crippen LogP contribution is -2.20. The molecule has 0 aliphatic rings. The van der Waals surface area contributed by atoms with Gasteiger partial charge in [0, 0.05) is 36.9 Å². The highest BCUT2D eigenvalue weighted by molar-refractivity contribution is 6.31. The zero-order valence-corrected chi connectivity index (χ0v) is 13.5. The standard InChI is InChI=1S/C16H21ClN4/c1-4-9-18-16-19-10-12(2)15(20-16)21(3)11-13-7-5-6-8-14(13)17/h5-8,10H,4,9,11H2,1-3H3,(H,18,19,20). The Morgan fingerprint density at radius 2 is 2.05 bits per heavy atom. The van der Waals surface area contributed by atoms with Crippen LogP contribution in [0.25, 0.3) is 0 Å². The molecule has 0 bridgehead atoms. The van der Waals surface area contributed by atoms with E-state index in [9.17, 15) is 0 Å². The summed E-state index contributed by atoms with van der Waals surface area (Å²) >= 11 is 6.22. The number of nitrogens with one attached hydrogen (secondary N) is 1. The van der Waals surface area contributed by atoms with Gasteiger partial charge >= 0.3 is 0 Å². The van der Waals surface area contributed by atoms with E-state index >= 15 is 0 Å². The molecule has 0 amide bonds. The molecule has 1 N–H and O–H groups in total. The first-order chi connectivity index (χ1) is 10.1. The summed E-state index contributed by atoms with van der Waals surface area (Å²) in [5.41, 5.74) is 2.13. The smallest absolute Gasteiger partial charge is 0.224 e. The number of nitrogens with zero attached hydrogens (tertiary/aromatic N) is 3. The van der Waals surface area contributed by atoms with Crippen molar-refractivity contribution in [1.82, 2.24) is 9.97 Å². The van der Waals surface area contributed by atoms with Crippen molar-refractivity contribution in [3.05, 3.63) is 46.6 Å². The number of aryl methyl sites for hydroxylation is 1. The molecule has 4 nitrogen and oxygen atoms in total. The molecule has 0 spiro atoms. The first kappa shape index (κ1) is 15.6. The maximum absolute atomic E-state index is 6.22. The Hall–Kier alpha value is -1.81. The Morgan fingerprint density at radius 3 is 2.76 bits per heavy atom. The van der Waals surface area contributed by atoms with Crippen molar-refractivity contribution in [2.24, 2.45) is 0 Å². The summed E-state index contributed by atoms with van der Waals surface area (Å²) in [5, 5.41) is 4.00. The molecule has 1 aromatic heterocycles. The largest absolute Gasteiger partial charge is 0.355 e. The maximum atomic E-state index is 6.22. The Bertz CT molecular complexity index is 601. The maximum Gasteiger partial charge on any atom is 0.224 e. The van der Waals surface area contributed by atoms with Crippen LogP contribution in [0.3, 0.4) is 0 Å². The van der Waals surface area contributed by atoms with E-state index in [1.165, 1.54) is 0 Å². The zero-order chi connectivity index (χ0) is 15.2. The molecule has 0 saturated heterocycles. The first-order valence-electron chi connectivity index (χ1n) is 7.14. The molecule has 0 fully saturated rings. The fourth-order valence-corrected chi connectivity index (χ4v) is 2.29. The summed E-state index contributed by atoms with van der Waals surface area (Å²) in [7, 11) is 2.02. The van der Waals surface area contributed by atoms with Crippen molar-refractivity contribution in [1.29, 1.82) is 0 Å². The molecule has 2 aromatic rings. The molecule has 0 saturated carbocycles. The Kier molecular flexibility index (Phi) is 5.39. The van der Waals surface area contributed by atoms with Crippen LogP contribution in [0.5, 0.6) is 0 Å². The molecule has 21 heavy (non-hydrogen) atoms. The van der Waals surface area contributed by atoms with Gasteiger partial charge in [0.1, 0.15) is 5.82 Å². The first-order valence-corrected chi connectivity index (χ1v) is 7.51. The lowest BCUT2D eigenvalue weighted by molar-refractivity contribution is 0.876. The van der Waals surface area contributed by atoms with Crippen LogP contribution in [0.1, 0.15) is 24.5 Å². The molecule has 112 valence electrons. The second-order valence-corrected chi connectivity index (χ2v) is 5.48. The summed E-state index contributed by atoms with van der Waals surface area (Å²) < 4.78 is 0. The van der Waals surface area contributed by atoms with Gasteiger partial charge in [-0.25, -0.2) is 4.98 Å². The molecule has 0 aliphatic carbocycles. The highest BCUT2D eigenvalue weighted by Gasteiger charge is 2.10. The van der Waals surface area contributed by atoms with Gasteiger partial charge in [0.15, 0.2) is 0 Å². The molecular weight excluding hydrogens is 284 g/mol. The van der Waals surface area contributed by atoms with Crippen LogP contribution in [0.15, 0.2) is 30.5 Å². The van der Waals surface area contributed by atoms with Crippen molar-refractivity contribution in [3.63, 3.8) is 0 Å². The zero-order valence-electron chi connectivity index (χ0n) is 12.7. The number of rotatable bonds is 6. The predicted molar refractivity (Wildman–Crippen MR) is 89.1 cm³/mol. The summed E-state index contributed by atoms with van der Waals surface area (Å²) in [6, 6.07) is 7.88. The van der Waals surface area contributed by atoms with Crippen molar-refractivity contribution in [2.45, 2.75) is 26.8 Å². The topological polar surface area (TPSA) is 41.1 Å². The number of benzene rings is 1. The van der Waals surface area contributed by atoms with Crippen molar-refractivity contribution < 1.29 is 0 Å². The van der Waals surface area contributed by atoms with Crippen molar-refractivity contribution in [2.75, 3.05) is 23.8 Å². The van der Waals surface area contributed by atoms with Gasteiger partial charge in [-0.05, 0) is 25.0 Å². The van der Waals surface area contributed by atoms with Gasteiger partial charge in [-0.15, -0.1) is 0 Å². The molecule has 2 rings (SSSR count). The van der Waals surface area contributed by atoms with E-state index in [-0.39, 0.29) is 0 Å². The van der Waals surface area contributed by atoms with E-state index in [0.717, 1.165) is 34.9 Å². The highest BCUT2D eigenvalue weighted by atomic mass is 35.5. The fraction of sp³-hybridized carbons (Fsp3) is 0.375. The van der Waals surface area contributed by atoms with Gasteiger partial charge in [-0.1, -0.05) is 36.7 Å². The van der Waals surface area contributed by atoms with Gasteiger partial charge in [0.05, 0.1) is 0 Å². The molecule has 0 atom stereocenters. The summed E-state index contributed by atoms with van der Waals surface area (Å²) in [6.45, 7) is 5.72. The Labute approximate surface area is 131 Å². The Morgan fingerprint density at radius 1 is 1.29 bits per heavy atom. The second-order valence-electron chi connectivity index (χ2n) is 5.07. The van der Waals surface area contributed by atoms with Gasteiger partial charge < -0.3 is 10.2 Å². The minimum atomic E-state index is 0.670. The third-order valence-electron chi connectivity index (χ3n) is 3.21. The minimum Gasteiger partial charge on any atom is -0.355 e. The molecule has 1 aromatic carbocycles. The number of aromatic nitrogens is 2. The van der Waals surface area contributed by atoms with Gasteiger partial charge in [-0.3, -0.25) is 0 Å². The van der Waals surface area contributed by atoms with E-state index < -0.39 is 0 Å². The third-order valence-corrected chi connectivity index (χ3v) is 3.57. The molecular formula is C16H21ClN4. The van der Waals surface area contributed by atoms with E-state index in [1.807, 2.05) is 44.4 Å². The van der Waals surface area contributed by atoms with Crippen LogP contribution in [0, 0.1) is 6.92 Å². The lowest BCUT2D eigenvalue weighted by Gasteiger charge is -2.21. The SMILES string of the molecule is CCCNc1ncc(C)c(N(C)Cc2ccccc2Cl)n1. The molecule has 0 radical (unpaired) electrons. The Balaban J connectivity index is 2.18. The normalized spacial score (nSPS) is 10.5. The van der Waals surface area contributed by atoms with Gasteiger partial charge in [-0.2, -0.15) is 4.98 Å². The number of hydrogen-bond donors (Lipinski definition) is 1. The van der Waals surface area contributed by atoms with Crippen LogP contribution in [-0.4, -0.2) is 23.6 Å². The van der Waals surface area contributed by atoms with Gasteiger partial charge in [0.25, 0.3) is 0 Å². The van der Waals surface area contributed by atoms with Crippen LogP contribution in [0.4, 0.5) is 11.8 Å². The van der Waals surface area contributed by atoms with Crippen molar-refractivity contribution in [3.8, 4) is 0 Å².